The molecule has 0 bridgehead atoms. The average Bonchev–Trinajstić information content (AvgIpc) is 2.89. The van der Waals surface area contributed by atoms with Crippen LogP contribution in [0.1, 0.15) is 52.8 Å². The zero-order valence-corrected chi connectivity index (χ0v) is 13.2. The van der Waals surface area contributed by atoms with Crippen LogP contribution in [-0.2, 0) is 0 Å². The lowest BCUT2D eigenvalue weighted by Crippen LogP contribution is -2.25. The van der Waals surface area contributed by atoms with Crippen molar-refractivity contribution < 1.29 is 9.59 Å². The van der Waals surface area contributed by atoms with E-state index in [2.05, 4.69) is 5.32 Å². The predicted molar refractivity (Wildman–Crippen MR) is 86.9 cm³/mol. The summed E-state index contributed by atoms with van der Waals surface area (Å²) in [4.78, 5) is 23.3. The zero-order valence-electron chi connectivity index (χ0n) is 12.5. The standard InChI is InChI=1S/C16H22ClN3O2/c17-14-6-4-11(9-13(14)15(19)21)16(22)20-7-1-2-10-3-5-12(18)8-10/h4,6,9-10,12H,1-3,5,7-8,18H2,(H2,19,21)(H,20,22). The van der Waals surface area contributed by atoms with Crippen LogP contribution in [0.2, 0.25) is 5.02 Å². The van der Waals surface area contributed by atoms with Gasteiger partial charge in [-0.1, -0.05) is 11.6 Å². The third-order valence-corrected chi connectivity index (χ3v) is 4.48. The molecule has 1 fully saturated rings. The number of nitrogens with one attached hydrogen (secondary N) is 1. The highest BCUT2D eigenvalue weighted by Crippen LogP contribution is 2.27. The topological polar surface area (TPSA) is 98.2 Å². The van der Waals surface area contributed by atoms with Gasteiger partial charge in [0.15, 0.2) is 0 Å². The number of amides is 2. The molecule has 0 spiro atoms. The molecule has 5 nitrogen and oxygen atoms in total. The maximum Gasteiger partial charge on any atom is 0.251 e. The second kappa shape index (κ2) is 7.61. The van der Waals surface area contributed by atoms with Crippen LogP contribution in [0.5, 0.6) is 0 Å². The SMILES string of the molecule is NC(=O)c1cc(C(=O)NCCCC2CCC(N)C2)ccc1Cl. The molecule has 5 N–H and O–H groups in total. The highest BCUT2D eigenvalue weighted by molar-refractivity contribution is 6.34. The molecule has 0 radical (unpaired) electrons. The van der Waals surface area contributed by atoms with Gasteiger partial charge in [-0.3, -0.25) is 9.59 Å². The monoisotopic (exact) mass is 323 g/mol. The molecule has 1 aromatic rings. The van der Waals surface area contributed by atoms with Crippen molar-refractivity contribution in [2.24, 2.45) is 17.4 Å². The van der Waals surface area contributed by atoms with E-state index in [0.29, 0.717) is 24.1 Å². The summed E-state index contributed by atoms with van der Waals surface area (Å²) < 4.78 is 0. The first-order valence-electron chi connectivity index (χ1n) is 7.60. The van der Waals surface area contributed by atoms with Crippen LogP contribution < -0.4 is 16.8 Å². The number of hydrogen-bond donors (Lipinski definition) is 3. The largest absolute Gasteiger partial charge is 0.366 e. The quantitative estimate of drug-likeness (QED) is 0.699. The van der Waals surface area contributed by atoms with Crippen molar-refractivity contribution in [2.75, 3.05) is 6.54 Å². The van der Waals surface area contributed by atoms with Crippen molar-refractivity contribution >= 4 is 23.4 Å². The van der Waals surface area contributed by atoms with E-state index in [-0.39, 0.29) is 16.5 Å². The molecule has 2 rings (SSSR count). The van der Waals surface area contributed by atoms with Gasteiger partial charge in [-0.25, -0.2) is 0 Å². The first-order valence-corrected chi connectivity index (χ1v) is 7.98. The smallest absolute Gasteiger partial charge is 0.251 e. The van der Waals surface area contributed by atoms with E-state index in [4.69, 9.17) is 23.1 Å². The molecule has 0 saturated heterocycles. The third-order valence-electron chi connectivity index (χ3n) is 4.15. The second-order valence-electron chi connectivity index (χ2n) is 5.90. The molecule has 1 aromatic carbocycles. The van der Waals surface area contributed by atoms with E-state index >= 15 is 0 Å². The number of rotatable bonds is 6. The fraction of sp³-hybridized carbons (Fsp3) is 0.500. The van der Waals surface area contributed by atoms with Crippen LogP contribution in [0, 0.1) is 5.92 Å². The molecule has 2 atom stereocenters. The number of halogens is 1. The number of carbonyl (C=O) groups excluding carboxylic acids is 2. The van der Waals surface area contributed by atoms with Crippen LogP contribution >= 0.6 is 11.6 Å². The van der Waals surface area contributed by atoms with E-state index in [0.717, 1.165) is 25.7 Å². The van der Waals surface area contributed by atoms with Gasteiger partial charge in [-0.05, 0) is 56.2 Å². The Morgan fingerprint density at radius 2 is 2.09 bits per heavy atom. The van der Waals surface area contributed by atoms with Crippen LogP contribution in [0.4, 0.5) is 0 Å². The molecule has 0 heterocycles. The van der Waals surface area contributed by atoms with Crippen LogP contribution in [-0.4, -0.2) is 24.4 Å². The number of primary amides is 1. The summed E-state index contributed by atoms with van der Waals surface area (Å²) in [6, 6.07) is 4.87. The Hall–Kier alpha value is -1.59. The molecule has 2 unspecified atom stereocenters. The summed E-state index contributed by atoms with van der Waals surface area (Å²) in [6.07, 6.45) is 5.40. The van der Waals surface area contributed by atoms with Gasteiger partial charge in [0.2, 0.25) is 5.91 Å². The van der Waals surface area contributed by atoms with Gasteiger partial charge in [0.25, 0.3) is 5.91 Å². The third kappa shape index (κ3) is 4.45. The summed E-state index contributed by atoms with van der Waals surface area (Å²) in [5, 5.41) is 3.11. The molecular weight excluding hydrogens is 302 g/mol. The van der Waals surface area contributed by atoms with E-state index < -0.39 is 5.91 Å². The lowest BCUT2D eigenvalue weighted by atomic mass is 10.0. The zero-order chi connectivity index (χ0) is 16.1. The highest BCUT2D eigenvalue weighted by atomic mass is 35.5. The van der Waals surface area contributed by atoms with Crippen LogP contribution in [0.25, 0.3) is 0 Å². The van der Waals surface area contributed by atoms with Gasteiger partial charge in [-0.2, -0.15) is 0 Å². The number of nitrogens with two attached hydrogens (primary N) is 2. The Morgan fingerprint density at radius 3 is 2.73 bits per heavy atom. The minimum Gasteiger partial charge on any atom is -0.366 e. The van der Waals surface area contributed by atoms with Gasteiger partial charge in [0.1, 0.15) is 0 Å². The minimum atomic E-state index is -0.641. The number of hydrogen-bond acceptors (Lipinski definition) is 3. The van der Waals surface area contributed by atoms with Gasteiger partial charge in [-0.15, -0.1) is 0 Å². The average molecular weight is 324 g/mol. The summed E-state index contributed by atoms with van der Waals surface area (Å²) in [6.45, 7) is 0.610. The molecule has 22 heavy (non-hydrogen) atoms. The van der Waals surface area contributed by atoms with Crippen molar-refractivity contribution in [3.8, 4) is 0 Å². The summed E-state index contributed by atoms with van der Waals surface area (Å²) in [5.41, 5.74) is 11.7. The van der Waals surface area contributed by atoms with E-state index in [1.165, 1.54) is 18.6 Å². The normalized spacial score (nSPS) is 20.8. The lowest BCUT2D eigenvalue weighted by molar-refractivity contribution is 0.0952. The Morgan fingerprint density at radius 1 is 1.32 bits per heavy atom. The Kier molecular flexibility index (Phi) is 5.80. The Bertz CT molecular complexity index is 562. The van der Waals surface area contributed by atoms with E-state index in [1.807, 2.05) is 0 Å². The molecule has 0 aliphatic heterocycles. The molecule has 2 amide bonds. The van der Waals surface area contributed by atoms with Gasteiger partial charge < -0.3 is 16.8 Å². The fourth-order valence-electron chi connectivity index (χ4n) is 2.93. The first-order chi connectivity index (χ1) is 10.5. The summed E-state index contributed by atoms with van der Waals surface area (Å²) in [7, 11) is 0. The number of carbonyl (C=O) groups is 2. The van der Waals surface area contributed by atoms with Gasteiger partial charge in [0, 0.05) is 18.2 Å². The van der Waals surface area contributed by atoms with Crippen LogP contribution in [0.3, 0.4) is 0 Å². The first kappa shape index (κ1) is 16.8. The van der Waals surface area contributed by atoms with E-state index in [1.54, 1.807) is 6.07 Å². The van der Waals surface area contributed by atoms with E-state index in [9.17, 15) is 9.59 Å². The molecule has 1 saturated carbocycles. The molecule has 6 heteroatoms. The lowest BCUT2D eigenvalue weighted by Gasteiger charge is -2.10. The van der Waals surface area contributed by atoms with Gasteiger partial charge in [0.05, 0.1) is 10.6 Å². The molecule has 0 aromatic heterocycles. The van der Waals surface area contributed by atoms with Crippen molar-refractivity contribution in [2.45, 2.75) is 38.1 Å². The van der Waals surface area contributed by atoms with Crippen molar-refractivity contribution in [1.82, 2.24) is 5.32 Å². The highest BCUT2D eigenvalue weighted by Gasteiger charge is 2.21. The van der Waals surface area contributed by atoms with Crippen molar-refractivity contribution in [3.63, 3.8) is 0 Å². The predicted octanol–water partition coefficient (Wildman–Crippen LogP) is 2.08. The molecule has 1 aliphatic rings. The Labute approximate surface area is 135 Å². The van der Waals surface area contributed by atoms with Gasteiger partial charge >= 0.3 is 0 Å². The van der Waals surface area contributed by atoms with Crippen molar-refractivity contribution in [3.05, 3.63) is 34.3 Å². The molecule has 1 aliphatic carbocycles. The molecular formula is C16H22ClN3O2. The van der Waals surface area contributed by atoms with Crippen molar-refractivity contribution in [1.29, 1.82) is 0 Å². The molecule has 120 valence electrons. The van der Waals surface area contributed by atoms with Crippen LogP contribution in [0.15, 0.2) is 18.2 Å². The fourth-order valence-corrected chi connectivity index (χ4v) is 3.14. The summed E-state index contributed by atoms with van der Waals surface area (Å²) in [5.74, 6) is -0.177. The maximum absolute atomic E-state index is 12.1. The second-order valence-corrected chi connectivity index (χ2v) is 6.30. The summed E-state index contributed by atoms with van der Waals surface area (Å²) >= 11 is 5.86. The maximum atomic E-state index is 12.1. The number of benzene rings is 1. The minimum absolute atomic E-state index is 0.161. The Balaban J connectivity index is 1.80.